The Kier molecular flexibility index (Phi) is 2.00. The van der Waals surface area contributed by atoms with Gasteiger partial charge >= 0.3 is 0 Å². The predicted octanol–water partition coefficient (Wildman–Crippen LogP) is 1.42. The zero-order chi connectivity index (χ0) is 8.39. The molecule has 2 heteroatoms. The van der Waals surface area contributed by atoms with Crippen molar-refractivity contribution in [3.8, 4) is 0 Å². The van der Waals surface area contributed by atoms with Crippen LogP contribution >= 0.6 is 0 Å². The molecule has 1 aromatic rings. The van der Waals surface area contributed by atoms with E-state index in [1.165, 1.54) is 11.3 Å². The molecule has 1 unspecified atom stereocenters. The zero-order valence-corrected chi connectivity index (χ0v) is 7.30. The average molecular weight is 162 g/mol. The molecule has 1 heterocycles. The average Bonchev–Trinajstić information content (AvgIpc) is 2.50. The van der Waals surface area contributed by atoms with E-state index in [4.69, 9.17) is 0 Å². The summed E-state index contributed by atoms with van der Waals surface area (Å²) in [6.07, 6.45) is 0. The number of para-hydroxylation sites is 1. The van der Waals surface area contributed by atoms with E-state index in [0.717, 1.165) is 13.1 Å². The molecule has 0 aliphatic carbocycles. The van der Waals surface area contributed by atoms with Crippen LogP contribution in [-0.2, 0) is 0 Å². The van der Waals surface area contributed by atoms with Gasteiger partial charge in [-0.15, -0.1) is 0 Å². The lowest BCUT2D eigenvalue weighted by atomic mass is 10.0. The lowest BCUT2D eigenvalue weighted by Gasteiger charge is -2.07. The van der Waals surface area contributed by atoms with Crippen LogP contribution in [0.4, 0.5) is 5.69 Å². The standard InChI is InChI=1S/C10H14N2/c1-11-6-8-7-12-10-5-3-2-4-9(8)10/h2-5,8,11-12H,6-7H2,1H3. The molecule has 64 valence electrons. The Morgan fingerprint density at radius 3 is 3.17 bits per heavy atom. The lowest BCUT2D eigenvalue weighted by molar-refractivity contribution is 0.674. The maximum Gasteiger partial charge on any atom is 0.0376 e. The van der Waals surface area contributed by atoms with E-state index in [-0.39, 0.29) is 0 Å². The number of benzene rings is 1. The molecule has 2 rings (SSSR count). The molecular formula is C10H14N2. The number of rotatable bonds is 2. The highest BCUT2D eigenvalue weighted by molar-refractivity contribution is 5.57. The van der Waals surface area contributed by atoms with Gasteiger partial charge in [-0.1, -0.05) is 18.2 Å². The van der Waals surface area contributed by atoms with Crippen molar-refractivity contribution in [1.29, 1.82) is 0 Å². The monoisotopic (exact) mass is 162 g/mol. The number of hydrogen-bond donors (Lipinski definition) is 2. The Morgan fingerprint density at radius 1 is 1.50 bits per heavy atom. The Morgan fingerprint density at radius 2 is 2.33 bits per heavy atom. The van der Waals surface area contributed by atoms with E-state index >= 15 is 0 Å². The molecule has 0 spiro atoms. The first kappa shape index (κ1) is 7.62. The fourth-order valence-corrected chi connectivity index (χ4v) is 1.79. The van der Waals surface area contributed by atoms with E-state index in [9.17, 15) is 0 Å². The fraction of sp³-hybridized carbons (Fsp3) is 0.400. The SMILES string of the molecule is CNCC1CNc2ccccc21. The first-order chi connectivity index (χ1) is 5.92. The van der Waals surface area contributed by atoms with Gasteiger partial charge in [-0.25, -0.2) is 0 Å². The topological polar surface area (TPSA) is 24.1 Å². The minimum absolute atomic E-state index is 0.645. The predicted molar refractivity (Wildman–Crippen MR) is 51.6 cm³/mol. The molecule has 12 heavy (non-hydrogen) atoms. The third-order valence-electron chi connectivity index (χ3n) is 2.39. The van der Waals surface area contributed by atoms with E-state index in [2.05, 4.69) is 34.9 Å². The molecule has 0 amide bonds. The number of fused-ring (bicyclic) bond motifs is 1. The summed E-state index contributed by atoms with van der Waals surface area (Å²) in [7, 11) is 2.00. The Hall–Kier alpha value is -1.02. The van der Waals surface area contributed by atoms with Gasteiger partial charge in [0.1, 0.15) is 0 Å². The van der Waals surface area contributed by atoms with Crippen LogP contribution in [0.3, 0.4) is 0 Å². The summed E-state index contributed by atoms with van der Waals surface area (Å²) in [5.74, 6) is 0.645. The molecule has 2 N–H and O–H groups in total. The summed E-state index contributed by atoms with van der Waals surface area (Å²) in [6.45, 7) is 2.13. The minimum atomic E-state index is 0.645. The third kappa shape index (κ3) is 1.18. The van der Waals surface area contributed by atoms with E-state index in [1.54, 1.807) is 0 Å². The van der Waals surface area contributed by atoms with Gasteiger partial charge < -0.3 is 10.6 Å². The highest BCUT2D eigenvalue weighted by Gasteiger charge is 2.19. The minimum Gasteiger partial charge on any atom is -0.384 e. The summed E-state index contributed by atoms with van der Waals surface area (Å²) in [5, 5.41) is 6.61. The number of nitrogens with one attached hydrogen (secondary N) is 2. The van der Waals surface area contributed by atoms with Crippen molar-refractivity contribution in [3.05, 3.63) is 29.8 Å². The van der Waals surface area contributed by atoms with Crippen molar-refractivity contribution in [2.75, 3.05) is 25.5 Å². The smallest absolute Gasteiger partial charge is 0.0376 e. The number of hydrogen-bond acceptors (Lipinski definition) is 2. The van der Waals surface area contributed by atoms with Gasteiger partial charge in [0.25, 0.3) is 0 Å². The van der Waals surface area contributed by atoms with Crippen LogP contribution in [0.2, 0.25) is 0 Å². The van der Waals surface area contributed by atoms with Crippen LogP contribution in [0.15, 0.2) is 24.3 Å². The van der Waals surface area contributed by atoms with Gasteiger partial charge in [0, 0.05) is 24.7 Å². The second kappa shape index (κ2) is 3.15. The van der Waals surface area contributed by atoms with Crippen molar-refractivity contribution in [1.82, 2.24) is 5.32 Å². The number of likely N-dealkylation sites (N-methyl/N-ethyl adjacent to an activating group) is 1. The molecule has 0 bridgehead atoms. The molecule has 0 aromatic heterocycles. The van der Waals surface area contributed by atoms with Crippen LogP contribution < -0.4 is 10.6 Å². The van der Waals surface area contributed by atoms with E-state index < -0.39 is 0 Å². The highest BCUT2D eigenvalue weighted by Crippen LogP contribution is 2.29. The summed E-state index contributed by atoms with van der Waals surface area (Å²) in [4.78, 5) is 0. The van der Waals surface area contributed by atoms with Gasteiger partial charge in [0.15, 0.2) is 0 Å². The van der Waals surface area contributed by atoms with Crippen LogP contribution in [0, 0.1) is 0 Å². The summed E-state index contributed by atoms with van der Waals surface area (Å²) in [6, 6.07) is 8.53. The zero-order valence-electron chi connectivity index (χ0n) is 7.30. The summed E-state index contributed by atoms with van der Waals surface area (Å²) >= 11 is 0. The van der Waals surface area contributed by atoms with E-state index in [1.807, 2.05) is 7.05 Å². The molecule has 0 radical (unpaired) electrons. The van der Waals surface area contributed by atoms with Crippen LogP contribution in [0.1, 0.15) is 11.5 Å². The fourth-order valence-electron chi connectivity index (χ4n) is 1.79. The van der Waals surface area contributed by atoms with Crippen molar-refractivity contribution in [3.63, 3.8) is 0 Å². The van der Waals surface area contributed by atoms with Crippen molar-refractivity contribution >= 4 is 5.69 Å². The molecular weight excluding hydrogens is 148 g/mol. The largest absolute Gasteiger partial charge is 0.384 e. The second-order valence-electron chi connectivity index (χ2n) is 3.22. The van der Waals surface area contributed by atoms with Gasteiger partial charge in [-0.3, -0.25) is 0 Å². The summed E-state index contributed by atoms with van der Waals surface area (Å²) in [5.41, 5.74) is 2.75. The maximum atomic E-state index is 3.40. The van der Waals surface area contributed by atoms with Crippen molar-refractivity contribution in [2.45, 2.75) is 5.92 Å². The first-order valence-electron chi connectivity index (χ1n) is 4.39. The van der Waals surface area contributed by atoms with Gasteiger partial charge in [-0.05, 0) is 18.7 Å². The Bertz CT molecular complexity index is 268. The Balaban J connectivity index is 2.24. The second-order valence-corrected chi connectivity index (χ2v) is 3.22. The molecule has 0 saturated heterocycles. The number of anilines is 1. The van der Waals surface area contributed by atoms with Crippen molar-refractivity contribution in [2.24, 2.45) is 0 Å². The Labute approximate surface area is 73.0 Å². The van der Waals surface area contributed by atoms with Crippen LogP contribution in [0.25, 0.3) is 0 Å². The molecule has 1 aliphatic rings. The molecule has 1 aromatic carbocycles. The lowest BCUT2D eigenvalue weighted by Crippen LogP contribution is -2.18. The molecule has 2 nitrogen and oxygen atoms in total. The van der Waals surface area contributed by atoms with Gasteiger partial charge in [0.05, 0.1) is 0 Å². The normalized spacial score (nSPS) is 20.2. The van der Waals surface area contributed by atoms with Crippen LogP contribution in [0.5, 0.6) is 0 Å². The van der Waals surface area contributed by atoms with Gasteiger partial charge in [-0.2, -0.15) is 0 Å². The van der Waals surface area contributed by atoms with Crippen LogP contribution in [-0.4, -0.2) is 20.1 Å². The molecule has 1 aliphatic heterocycles. The van der Waals surface area contributed by atoms with Crippen molar-refractivity contribution < 1.29 is 0 Å². The quantitative estimate of drug-likeness (QED) is 0.687. The van der Waals surface area contributed by atoms with Gasteiger partial charge in [0.2, 0.25) is 0 Å². The summed E-state index contributed by atoms with van der Waals surface area (Å²) < 4.78 is 0. The molecule has 0 saturated carbocycles. The maximum absolute atomic E-state index is 3.40. The van der Waals surface area contributed by atoms with E-state index in [0.29, 0.717) is 5.92 Å². The molecule has 0 fully saturated rings. The molecule has 1 atom stereocenters. The third-order valence-corrected chi connectivity index (χ3v) is 2.39. The highest BCUT2D eigenvalue weighted by atomic mass is 14.9. The first-order valence-corrected chi connectivity index (χ1v) is 4.39.